The summed E-state index contributed by atoms with van der Waals surface area (Å²) in [6.07, 6.45) is 1.41. The zero-order valence-electron chi connectivity index (χ0n) is 22.0. The van der Waals surface area contributed by atoms with Gasteiger partial charge in [0.1, 0.15) is 23.4 Å². The van der Waals surface area contributed by atoms with Crippen LogP contribution < -0.4 is 5.32 Å². The molecule has 41 heavy (non-hydrogen) atoms. The molecule has 2 N–H and O–H groups in total. The molecule has 5 aromatic rings. The summed E-state index contributed by atoms with van der Waals surface area (Å²) < 4.78 is 38.1. The van der Waals surface area contributed by atoms with Gasteiger partial charge in [-0.1, -0.05) is 60.7 Å². The van der Waals surface area contributed by atoms with E-state index >= 15 is 8.78 Å². The molecule has 9 heteroatoms. The van der Waals surface area contributed by atoms with E-state index in [9.17, 15) is 14.7 Å². The summed E-state index contributed by atoms with van der Waals surface area (Å²) in [5, 5.41) is 16.6. The molecule has 0 spiro atoms. The largest absolute Gasteiger partial charge is 0.481 e. The number of amides is 1. The SMILES string of the molecule is C[C@@H](OC(=O)Nc1c(-c2cc(F)c(-c3ccc(C4(C(=O)O)CC4)cc3)cc2F)nn2ccccc12)c1ccccc1. The number of ether oxygens (including phenoxy) is 1. The molecule has 1 aliphatic rings. The van der Waals surface area contributed by atoms with E-state index in [1.54, 1.807) is 55.6 Å². The number of benzene rings is 3. The van der Waals surface area contributed by atoms with Crippen molar-refractivity contribution in [3.05, 3.63) is 114 Å². The van der Waals surface area contributed by atoms with E-state index < -0.39 is 35.2 Å². The number of carboxylic acids is 1. The van der Waals surface area contributed by atoms with Crippen LogP contribution in [-0.4, -0.2) is 26.8 Å². The van der Waals surface area contributed by atoms with Gasteiger partial charge in [-0.25, -0.2) is 18.1 Å². The van der Waals surface area contributed by atoms with Crippen LogP contribution in [0.1, 0.15) is 37.0 Å². The van der Waals surface area contributed by atoms with Crippen LogP contribution in [0, 0.1) is 11.6 Å². The molecular weight excluding hydrogens is 528 g/mol. The number of rotatable bonds is 7. The van der Waals surface area contributed by atoms with Crippen LogP contribution in [0.5, 0.6) is 0 Å². The number of aliphatic carboxylic acids is 1. The number of nitrogens with one attached hydrogen (secondary N) is 1. The molecule has 7 nitrogen and oxygen atoms in total. The van der Waals surface area contributed by atoms with Crippen molar-refractivity contribution in [2.75, 3.05) is 5.32 Å². The van der Waals surface area contributed by atoms with Crippen molar-refractivity contribution in [1.82, 2.24) is 9.61 Å². The average Bonchev–Trinajstić information content (AvgIpc) is 3.72. The summed E-state index contributed by atoms with van der Waals surface area (Å²) in [4.78, 5) is 24.5. The Kier molecular flexibility index (Phi) is 6.49. The first kappa shape index (κ1) is 26.2. The quantitative estimate of drug-likeness (QED) is 0.220. The number of carbonyl (C=O) groups is 2. The van der Waals surface area contributed by atoms with E-state index in [2.05, 4.69) is 10.4 Å². The maximum absolute atomic E-state index is 15.6. The number of hydrogen-bond donors (Lipinski definition) is 2. The Morgan fingerprint density at radius 2 is 1.61 bits per heavy atom. The highest BCUT2D eigenvalue weighted by Crippen LogP contribution is 2.48. The predicted octanol–water partition coefficient (Wildman–Crippen LogP) is 7.37. The lowest BCUT2D eigenvalue weighted by atomic mass is 9.93. The molecule has 1 atom stereocenters. The molecule has 0 bridgehead atoms. The Hall–Kier alpha value is -5.05. The number of nitrogens with zero attached hydrogens (tertiary/aromatic N) is 2. The third kappa shape index (κ3) is 4.80. The number of carbonyl (C=O) groups excluding carboxylic acids is 1. The molecule has 0 radical (unpaired) electrons. The Labute approximate surface area is 234 Å². The second kappa shape index (κ2) is 10.2. The van der Waals surface area contributed by atoms with Crippen molar-refractivity contribution in [1.29, 1.82) is 0 Å². The van der Waals surface area contributed by atoms with Gasteiger partial charge in [0.25, 0.3) is 0 Å². The van der Waals surface area contributed by atoms with E-state index in [1.165, 1.54) is 4.52 Å². The molecule has 6 rings (SSSR count). The second-order valence-electron chi connectivity index (χ2n) is 10.1. The smallest absolute Gasteiger partial charge is 0.412 e. The molecule has 1 saturated carbocycles. The number of pyridine rings is 1. The summed E-state index contributed by atoms with van der Waals surface area (Å²) in [7, 11) is 0. The first-order valence-electron chi connectivity index (χ1n) is 13.1. The normalized spacial score (nSPS) is 14.4. The van der Waals surface area contributed by atoms with Gasteiger partial charge in [0, 0.05) is 17.3 Å². The Morgan fingerprint density at radius 1 is 0.951 bits per heavy atom. The molecule has 0 aliphatic heterocycles. The first-order chi connectivity index (χ1) is 19.8. The maximum Gasteiger partial charge on any atom is 0.412 e. The zero-order chi connectivity index (χ0) is 28.7. The van der Waals surface area contributed by atoms with E-state index in [1.807, 2.05) is 30.3 Å². The van der Waals surface area contributed by atoms with Gasteiger partial charge in [-0.15, -0.1) is 0 Å². The van der Waals surface area contributed by atoms with E-state index in [4.69, 9.17) is 4.74 Å². The molecular formula is C32H25F2N3O4. The monoisotopic (exact) mass is 553 g/mol. The molecule has 1 fully saturated rings. The molecule has 3 aromatic carbocycles. The van der Waals surface area contributed by atoms with Crippen molar-refractivity contribution in [2.45, 2.75) is 31.3 Å². The van der Waals surface area contributed by atoms with Gasteiger partial charge in [-0.2, -0.15) is 5.10 Å². The number of halogens is 2. The molecule has 1 aliphatic carbocycles. The first-order valence-corrected chi connectivity index (χ1v) is 13.1. The molecule has 2 aromatic heterocycles. The third-order valence-electron chi connectivity index (χ3n) is 7.54. The van der Waals surface area contributed by atoms with Gasteiger partial charge < -0.3 is 9.84 Å². The Morgan fingerprint density at radius 3 is 2.29 bits per heavy atom. The van der Waals surface area contributed by atoms with Crippen LogP contribution in [0.15, 0.2) is 91.1 Å². The van der Waals surface area contributed by atoms with Crippen molar-refractivity contribution in [3.8, 4) is 22.4 Å². The minimum atomic E-state index is -0.890. The van der Waals surface area contributed by atoms with Crippen molar-refractivity contribution >= 4 is 23.3 Å². The third-order valence-corrected chi connectivity index (χ3v) is 7.54. The summed E-state index contributed by atoms with van der Waals surface area (Å²) in [6, 6.07) is 23.0. The van der Waals surface area contributed by atoms with Crippen LogP contribution >= 0.6 is 0 Å². The molecule has 2 heterocycles. The van der Waals surface area contributed by atoms with Crippen molar-refractivity contribution in [2.24, 2.45) is 0 Å². The van der Waals surface area contributed by atoms with E-state index in [0.717, 1.165) is 17.7 Å². The van der Waals surface area contributed by atoms with E-state index in [0.29, 0.717) is 29.5 Å². The van der Waals surface area contributed by atoms with Crippen LogP contribution in [0.3, 0.4) is 0 Å². The van der Waals surface area contributed by atoms with E-state index in [-0.39, 0.29) is 22.5 Å². The number of fused-ring (bicyclic) bond motifs is 1. The van der Waals surface area contributed by atoms with Crippen molar-refractivity contribution in [3.63, 3.8) is 0 Å². The zero-order valence-corrected chi connectivity index (χ0v) is 22.0. The fourth-order valence-electron chi connectivity index (χ4n) is 5.06. The van der Waals surface area contributed by atoms with Gasteiger partial charge in [0.05, 0.1) is 16.6 Å². The maximum atomic E-state index is 15.6. The standard InChI is InChI=1S/C32H25F2N3O4/c1-19(20-7-3-2-4-8-20)41-31(40)35-29-27-9-5-6-16-37(27)36-28(29)24-18-25(33)23(17-26(24)34)21-10-12-22(13-11-21)32(14-15-32)30(38)39/h2-13,16-19H,14-15H2,1H3,(H,35,40)(H,38,39)/t19-/m1/s1. The van der Waals surface area contributed by atoms with Gasteiger partial charge in [-0.3, -0.25) is 10.1 Å². The highest BCUT2D eigenvalue weighted by atomic mass is 19.1. The minimum absolute atomic E-state index is 0.0207. The van der Waals surface area contributed by atoms with Gasteiger partial charge >= 0.3 is 12.1 Å². The summed E-state index contributed by atoms with van der Waals surface area (Å²) in [6.45, 7) is 1.73. The highest BCUT2D eigenvalue weighted by molar-refractivity contribution is 5.98. The summed E-state index contributed by atoms with van der Waals surface area (Å²) >= 11 is 0. The minimum Gasteiger partial charge on any atom is -0.481 e. The van der Waals surface area contributed by atoms with Crippen LogP contribution in [0.4, 0.5) is 19.3 Å². The highest BCUT2D eigenvalue weighted by Gasteiger charge is 2.51. The van der Waals surface area contributed by atoms with Crippen LogP contribution in [0.25, 0.3) is 27.9 Å². The summed E-state index contributed by atoms with van der Waals surface area (Å²) in [5.41, 5.74) is 1.52. The Balaban J connectivity index is 1.32. The Bertz CT molecular complexity index is 1780. The lowest BCUT2D eigenvalue weighted by molar-refractivity contribution is -0.140. The number of aromatic nitrogens is 2. The van der Waals surface area contributed by atoms with Crippen LogP contribution in [-0.2, 0) is 14.9 Å². The lowest BCUT2D eigenvalue weighted by Gasteiger charge is -2.15. The lowest BCUT2D eigenvalue weighted by Crippen LogP contribution is -2.19. The van der Waals surface area contributed by atoms with Crippen LogP contribution in [0.2, 0.25) is 0 Å². The fourth-order valence-corrected chi connectivity index (χ4v) is 5.06. The van der Waals surface area contributed by atoms with Gasteiger partial charge in [0.15, 0.2) is 0 Å². The molecule has 0 saturated heterocycles. The van der Waals surface area contributed by atoms with Gasteiger partial charge in [-0.05, 0) is 60.7 Å². The topological polar surface area (TPSA) is 92.9 Å². The molecule has 1 amide bonds. The number of hydrogen-bond acceptors (Lipinski definition) is 4. The van der Waals surface area contributed by atoms with Gasteiger partial charge in [0.2, 0.25) is 0 Å². The molecule has 0 unspecified atom stereocenters. The summed E-state index contributed by atoms with van der Waals surface area (Å²) in [5.74, 6) is -2.33. The van der Waals surface area contributed by atoms with Crippen molar-refractivity contribution < 1.29 is 28.2 Å². The number of anilines is 1. The molecule has 206 valence electrons. The fraction of sp³-hybridized carbons (Fsp3) is 0.156. The average molecular weight is 554 g/mol. The number of carboxylic acid groups (broad SMARTS) is 1. The second-order valence-corrected chi connectivity index (χ2v) is 10.1. The predicted molar refractivity (Wildman–Crippen MR) is 149 cm³/mol.